The number of halogens is 1. The molecule has 2 aromatic carbocycles. The lowest BCUT2D eigenvalue weighted by Crippen LogP contribution is -2.44. The summed E-state index contributed by atoms with van der Waals surface area (Å²) in [5, 5.41) is 3.58. The number of hydrogen-bond acceptors (Lipinski definition) is 4. The van der Waals surface area contributed by atoms with E-state index in [1.165, 1.54) is 0 Å². The molecule has 1 aliphatic rings. The Morgan fingerprint density at radius 3 is 2.46 bits per heavy atom. The molecule has 2 heterocycles. The number of furan rings is 1. The third-order valence-electron chi connectivity index (χ3n) is 4.97. The first-order chi connectivity index (χ1) is 13.6. The van der Waals surface area contributed by atoms with Crippen molar-refractivity contribution in [2.75, 3.05) is 43.4 Å². The quantitative estimate of drug-likeness (QED) is 0.701. The van der Waals surface area contributed by atoms with Crippen LogP contribution in [0.4, 0.5) is 11.4 Å². The Balaban J connectivity index is 1.53. The van der Waals surface area contributed by atoms with Crippen molar-refractivity contribution in [1.82, 2.24) is 4.90 Å². The average molecular weight is 396 g/mol. The third kappa shape index (κ3) is 3.91. The van der Waals surface area contributed by atoms with Gasteiger partial charge in [0.05, 0.1) is 16.4 Å². The molecule has 1 aliphatic heterocycles. The van der Waals surface area contributed by atoms with Gasteiger partial charge in [0.1, 0.15) is 5.76 Å². The number of carbonyl (C=O) groups is 1. The number of amides is 1. The van der Waals surface area contributed by atoms with Crippen LogP contribution in [-0.2, 0) is 0 Å². The Bertz CT molecular complexity index is 977. The van der Waals surface area contributed by atoms with Gasteiger partial charge < -0.3 is 19.5 Å². The Morgan fingerprint density at radius 2 is 1.68 bits per heavy atom. The zero-order valence-corrected chi connectivity index (χ0v) is 16.4. The highest BCUT2D eigenvalue weighted by molar-refractivity contribution is 6.33. The minimum absolute atomic E-state index is 0.253. The first kappa shape index (κ1) is 18.6. The van der Waals surface area contributed by atoms with E-state index in [-0.39, 0.29) is 11.7 Å². The van der Waals surface area contributed by atoms with E-state index in [0.29, 0.717) is 10.8 Å². The molecule has 5 nitrogen and oxygen atoms in total. The average Bonchev–Trinajstić information content (AvgIpc) is 3.20. The van der Waals surface area contributed by atoms with Gasteiger partial charge in [0.25, 0.3) is 5.91 Å². The molecule has 144 valence electrons. The Morgan fingerprint density at radius 1 is 0.964 bits per heavy atom. The molecule has 28 heavy (non-hydrogen) atoms. The first-order valence-electron chi connectivity index (χ1n) is 9.30. The highest BCUT2D eigenvalue weighted by Gasteiger charge is 2.19. The summed E-state index contributed by atoms with van der Waals surface area (Å²) in [7, 11) is 2.12. The lowest BCUT2D eigenvalue weighted by atomic mass is 10.2. The lowest BCUT2D eigenvalue weighted by molar-refractivity contribution is 0.0997. The van der Waals surface area contributed by atoms with Gasteiger partial charge in [-0.3, -0.25) is 4.79 Å². The number of carbonyl (C=O) groups excluding carboxylic acids is 1. The molecule has 1 fully saturated rings. The topological polar surface area (TPSA) is 48.7 Å². The van der Waals surface area contributed by atoms with Crippen LogP contribution in [0.5, 0.6) is 0 Å². The zero-order chi connectivity index (χ0) is 19.5. The van der Waals surface area contributed by atoms with Crippen LogP contribution >= 0.6 is 11.6 Å². The monoisotopic (exact) mass is 395 g/mol. The van der Waals surface area contributed by atoms with Crippen LogP contribution in [0.15, 0.2) is 65.1 Å². The van der Waals surface area contributed by atoms with E-state index in [0.717, 1.165) is 43.1 Å². The van der Waals surface area contributed by atoms with Crippen LogP contribution < -0.4 is 10.2 Å². The van der Waals surface area contributed by atoms with E-state index >= 15 is 0 Å². The van der Waals surface area contributed by atoms with Crippen LogP contribution in [0, 0.1) is 0 Å². The SMILES string of the molecule is CN1CCN(c2ccccc2NC(=O)c2ccc(-c3ccccc3Cl)o2)CC1. The molecular formula is C22H22ClN3O2. The summed E-state index contributed by atoms with van der Waals surface area (Å²) >= 11 is 6.22. The van der Waals surface area contributed by atoms with Gasteiger partial charge in [-0.15, -0.1) is 0 Å². The summed E-state index contributed by atoms with van der Waals surface area (Å²) in [4.78, 5) is 17.4. The second-order valence-electron chi connectivity index (χ2n) is 6.91. The van der Waals surface area contributed by atoms with Crippen LogP contribution in [0.25, 0.3) is 11.3 Å². The number of rotatable bonds is 4. The number of likely N-dealkylation sites (N-methyl/N-ethyl adjacent to an activating group) is 1. The summed E-state index contributed by atoms with van der Waals surface area (Å²) in [6, 6.07) is 18.7. The van der Waals surface area contributed by atoms with Crippen LogP contribution in [0.3, 0.4) is 0 Å². The summed E-state index contributed by atoms with van der Waals surface area (Å²) in [5.41, 5.74) is 2.58. The van der Waals surface area contributed by atoms with Gasteiger partial charge >= 0.3 is 0 Å². The zero-order valence-electron chi connectivity index (χ0n) is 15.7. The number of para-hydroxylation sites is 2. The molecule has 0 saturated carbocycles. The molecule has 0 radical (unpaired) electrons. The molecule has 1 aromatic heterocycles. The molecule has 1 saturated heterocycles. The third-order valence-corrected chi connectivity index (χ3v) is 5.29. The normalized spacial score (nSPS) is 14.9. The minimum Gasteiger partial charge on any atom is -0.451 e. The van der Waals surface area contributed by atoms with Crippen molar-refractivity contribution >= 4 is 28.9 Å². The number of benzene rings is 2. The maximum atomic E-state index is 12.8. The number of piperazine rings is 1. The second kappa shape index (κ2) is 8.09. The molecule has 1 amide bonds. The fourth-order valence-corrected chi connectivity index (χ4v) is 3.58. The van der Waals surface area contributed by atoms with Crippen molar-refractivity contribution in [3.05, 3.63) is 71.4 Å². The summed E-state index contributed by atoms with van der Waals surface area (Å²) in [6.07, 6.45) is 0. The summed E-state index contributed by atoms with van der Waals surface area (Å²) < 4.78 is 5.77. The maximum absolute atomic E-state index is 12.8. The molecule has 3 aromatic rings. The Hall–Kier alpha value is -2.76. The van der Waals surface area contributed by atoms with Crippen molar-refractivity contribution in [1.29, 1.82) is 0 Å². The number of nitrogens with zero attached hydrogens (tertiary/aromatic N) is 2. The summed E-state index contributed by atoms with van der Waals surface area (Å²) in [5.74, 6) is 0.547. The molecule has 0 unspecified atom stereocenters. The van der Waals surface area contributed by atoms with E-state index in [9.17, 15) is 4.79 Å². The van der Waals surface area contributed by atoms with Gasteiger partial charge in [-0.05, 0) is 43.4 Å². The van der Waals surface area contributed by atoms with E-state index in [4.69, 9.17) is 16.0 Å². The number of anilines is 2. The van der Waals surface area contributed by atoms with Crippen LogP contribution in [-0.4, -0.2) is 44.0 Å². The van der Waals surface area contributed by atoms with Gasteiger partial charge in [-0.1, -0.05) is 35.9 Å². The van der Waals surface area contributed by atoms with Crippen molar-refractivity contribution in [2.45, 2.75) is 0 Å². The van der Waals surface area contributed by atoms with E-state index in [1.807, 2.05) is 42.5 Å². The minimum atomic E-state index is -0.278. The van der Waals surface area contributed by atoms with Gasteiger partial charge in [-0.25, -0.2) is 0 Å². The summed E-state index contributed by atoms with van der Waals surface area (Å²) in [6.45, 7) is 3.87. The molecule has 0 atom stereocenters. The number of hydrogen-bond donors (Lipinski definition) is 1. The van der Waals surface area contributed by atoms with Gasteiger partial charge in [0.15, 0.2) is 5.76 Å². The predicted molar refractivity (Wildman–Crippen MR) is 113 cm³/mol. The first-order valence-corrected chi connectivity index (χ1v) is 9.68. The Labute approximate surface area is 169 Å². The molecule has 1 N–H and O–H groups in total. The lowest BCUT2D eigenvalue weighted by Gasteiger charge is -2.35. The molecular weight excluding hydrogens is 374 g/mol. The largest absolute Gasteiger partial charge is 0.451 e. The predicted octanol–water partition coefficient (Wildman–Crippen LogP) is 4.60. The van der Waals surface area contributed by atoms with Gasteiger partial charge in [-0.2, -0.15) is 0 Å². The van der Waals surface area contributed by atoms with Crippen molar-refractivity contribution in [3.8, 4) is 11.3 Å². The highest BCUT2D eigenvalue weighted by atomic mass is 35.5. The van der Waals surface area contributed by atoms with Crippen LogP contribution in [0.1, 0.15) is 10.6 Å². The van der Waals surface area contributed by atoms with Crippen molar-refractivity contribution < 1.29 is 9.21 Å². The number of nitrogens with one attached hydrogen (secondary N) is 1. The van der Waals surface area contributed by atoms with E-state index in [2.05, 4.69) is 22.2 Å². The van der Waals surface area contributed by atoms with Gasteiger partial charge in [0, 0.05) is 31.7 Å². The molecule has 4 rings (SSSR count). The highest BCUT2D eigenvalue weighted by Crippen LogP contribution is 2.30. The Kier molecular flexibility index (Phi) is 5.37. The molecule has 0 spiro atoms. The van der Waals surface area contributed by atoms with E-state index < -0.39 is 0 Å². The molecule has 0 bridgehead atoms. The molecule has 0 aliphatic carbocycles. The fraction of sp³-hybridized carbons (Fsp3) is 0.227. The molecule has 6 heteroatoms. The maximum Gasteiger partial charge on any atom is 0.291 e. The van der Waals surface area contributed by atoms with Crippen molar-refractivity contribution in [3.63, 3.8) is 0 Å². The van der Waals surface area contributed by atoms with Crippen molar-refractivity contribution in [2.24, 2.45) is 0 Å². The fourth-order valence-electron chi connectivity index (χ4n) is 3.35. The second-order valence-corrected chi connectivity index (χ2v) is 7.31. The van der Waals surface area contributed by atoms with Gasteiger partial charge in [0.2, 0.25) is 0 Å². The standard InChI is InChI=1S/C22H22ClN3O2/c1-25-12-14-26(15-13-25)19-9-5-4-8-18(19)24-22(27)21-11-10-20(28-21)16-6-2-3-7-17(16)23/h2-11H,12-15H2,1H3,(H,24,27). The van der Waals surface area contributed by atoms with E-state index in [1.54, 1.807) is 18.2 Å². The van der Waals surface area contributed by atoms with Crippen LogP contribution in [0.2, 0.25) is 5.02 Å². The smallest absolute Gasteiger partial charge is 0.291 e.